The number of carbonyl (C=O) groups is 1. The molecule has 6 nitrogen and oxygen atoms in total. The van der Waals surface area contributed by atoms with Gasteiger partial charge in [0, 0.05) is 26.2 Å². The third-order valence-electron chi connectivity index (χ3n) is 5.99. The molecule has 24 heavy (non-hydrogen) atoms. The van der Waals surface area contributed by atoms with E-state index in [0.717, 1.165) is 45.2 Å². The van der Waals surface area contributed by atoms with Crippen LogP contribution in [0.5, 0.6) is 0 Å². The highest BCUT2D eigenvalue weighted by Crippen LogP contribution is 2.48. The molecular formula is C16H26FN3O3S. The minimum absolute atomic E-state index is 0.0127. The minimum Gasteiger partial charge on any atom is -0.342 e. The van der Waals surface area contributed by atoms with Crippen molar-refractivity contribution in [1.82, 2.24) is 13.5 Å². The second-order valence-electron chi connectivity index (χ2n) is 7.81. The first-order valence-electron chi connectivity index (χ1n) is 9.13. The van der Waals surface area contributed by atoms with Crippen LogP contribution in [0.15, 0.2) is 0 Å². The first-order chi connectivity index (χ1) is 11.4. The van der Waals surface area contributed by atoms with Gasteiger partial charge >= 0.3 is 0 Å². The molecule has 1 atom stereocenters. The van der Waals surface area contributed by atoms with Crippen LogP contribution in [0.25, 0.3) is 0 Å². The first-order valence-corrected chi connectivity index (χ1v) is 10.5. The zero-order valence-electron chi connectivity index (χ0n) is 14.0. The summed E-state index contributed by atoms with van der Waals surface area (Å²) < 4.78 is 42.6. The topological polar surface area (TPSA) is 60.9 Å². The molecule has 8 heteroatoms. The van der Waals surface area contributed by atoms with Crippen LogP contribution in [0, 0.1) is 11.8 Å². The van der Waals surface area contributed by atoms with E-state index in [0.29, 0.717) is 13.0 Å². The number of likely N-dealkylation sites (tertiary alicyclic amines) is 1. The van der Waals surface area contributed by atoms with Gasteiger partial charge in [-0.1, -0.05) is 0 Å². The number of rotatable bonds is 4. The van der Waals surface area contributed by atoms with Crippen LogP contribution in [0.1, 0.15) is 38.5 Å². The number of nitrogens with zero attached hydrogens (tertiary/aromatic N) is 3. The third kappa shape index (κ3) is 2.86. The molecule has 0 aromatic rings. The van der Waals surface area contributed by atoms with Crippen molar-refractivity contribution >= 4 is 16.1 Å². The molecule has 0 unspecified atom stereocenters. The van der Waals surface area contributed by atoms with Crippen LogP contribution in [-0.4, -0.2) is 72.8 Å². The summed E-state index contributed by atoms with van der Waals surface area (Å²) in [4.78, 5) is 14.4. The molecule has 1 aliphatic carbocycles. The summed E-state index contributed by atoms with van der Waals surface area (Å²) >= 11 is 0. The van der Waals surface area contributed by atoms with Crippen LogP contribution < -0.4 is 0 Å². The highest BCUT2D eigenvalue weighted by Gasteiger charge is 2.58. The van der Waals surface area contributed by atoms with Crippen molar-refractivity contribution < 1.29 is 17.6 Å². The van der Waals surface area contributed by atoms with Crippen molar-refractivity contribution in [3.63, 3.8) is 0 Å². The zero-order chi connectivity index (χ0) is 16.9. The summed E-state index contributed by atoms with van der Waals surface area (Å²) in [5.41, 5.74) is -1.31. The number of hydrogen-bond donors (Lipinski definition) is 0. The average Bonchev–Trinajstić information content (AvgIpc) is 3.26. The first kappa shape index (κ1) is 16.7. The van der Waals surface area contributed by atoms with Gasteiger partial charge < -0.3 is 4.90 Å². The zero-order valence-corrected chi connectivity index (χ0v) is 14.8. The van der Waals surface area contributed by atoms with E-state index in [-0.39, 0.29) is 37.4 Å². The Kier molecular flexibility index (Phi) is 4.12. The molecule has 3 saturated heterocycles. The maximum Gasteiger partial charge on any atom is 0.282 e. The monoisotopic (exact) mass is 359 g/mol. The molecule has 1 saturated carbocycles. The summed E-state index contributed by atoms with van der Waals surface area (Å²) in [7, 11) is -3.64. The average molecular weight is 359 g/mol. The summed E-state index contributed by atoms with van der Waals surface area (Å²) in [6.45, 7) is 2.24. The van der Waals surface area contributed by atoms with Gasteiger partial charge in [0.25, 0.3) is 10.2 Å². The number of alkyl halides is 1. The molecule has 4 fully saturated rings. The van der Waals surface area contributed by atoms with E-state index in [1.54, 1.807) is 0 Å². The number of hydrogen-bond acceptors (Lipinski definition) is 3. The number of piperidine rings is 1. The standard InChI is InChI=1S/C16H26FN3O3S/c17-16(14-5-6-14)11-20(12-16)24(22,23)19-9-3-4-13(10-19)15(21)18-7-1-2-8-18/h13-14H,1-12H2/t13-/m0/s1. The van der Waals surface area contributed by atoms with E-state index in [4.69, 9.17) is 0 Å². The lowest BCUT2D eigenvalue weighted by Gasteiger charge is -2.46. The number of carbonyl (C=O) groups excluding carboxylic acids is 1. The van der Waals surface area contributed by atoms with Crippen LogP contribution in [0.4, 0.5) is 4.39 Å². The minimum atomic E-state index is -3.64. The van der Waals surface area contributed by atoms with E-state index < -0.39 is 15.9 Å². The molecule has 0 N–H and O–H groups in total. The fourth-order valence-corrected chi connectivity index (χ4v) is 6.08. The molecule has 136 valence electrons. The van der Waals surface area contributed by atoms with Gasteiger partial charge in [0.1, 0.15) is 5.67 Å². The fourth-order valence-electron chi connectivity index (χ4n) is 4.27. The normalized spacial score (nSPS) is 31.9. The van der Waals surface area contributed by atoms with Crippen LogP contribution >= 0.6 is 0 Å². The van der Waals surface area contributed by atoms with Crippen molar-refractivity contribution in [1.29, 1.82) is 0 Å². The molecule has 0 radical (unpaired) electrons. The highest BCUT2D eigenvalue weighted by molar-refractivity contribution is 7.86. The van der Waals surface area contributed by atoms with Crippen LogP contribution in [0.2, 0.25) is 0 Å². The molecule has 4 rings (SSSR count). The molecule has 0 aromatic heterocycles. The lowest BCUT2D eigenvalue weighted by atomic mass is 9.94. The van der Waals surface area contributed by atoms with Gasteiger partial charge in [0.15, 0.2) is 0 Å². The molecule has 0 aromatic carbocycles. The van der Waals surface area contributed by atoms with Crippen molar-refractivity contribution in [2.45, 2.75) is 44.2 Å². The Morgan fingerprint density at radius 3 is 2.25 bits per heavy atom. The molecule has 0 bridgehead atoms. The molecule has 0 spiro atoms. The van der Waals surface area contributed by atoms with Crippen molar-refractivity contribution in [2.75, 3.05) is 39.3 Å². The van der Waals surface area contributed by atoms with Crippen molar-refractivity contribution in [2.24, 2.45) is 11.8 Å². The summed E-state index contributed by atoms with van der Waals surface area (Å²) in [5.74, 6) is -0.102. The second-order valence-corrected chi connectivity index (χ2v) is 9.74. The van der Waals surface area contributed by atoms with Gasteiger partial charge in [-0.3, -0.25) is 4.79 Å². The smallest absolute Gasteiger partial charge is 0.282 e. The van der Waals surface area contributed by atoms with E-state index in [2.05, 4.69) is 0 Å². The van der Waals surface area contributed by atoms with Crippen molar-refractivity contribution in [3.05, 3.63) is 0 Å². The maximum absolute atomic E-state index is 14.5. The Balaban J connectivity index is 1.39. The quantitative estimate of drug-likeness (QED) is 0.752. The van der Waals surface area contributed by atoms with E-state index in [1.165, 1.54) is 8.61 Å². The van der Waals surface area contributed by atoms with Gasteiger partial charge in [0.2, 0.25) is 5.91 Å². The molecule has 3 aliphatic heterocycles. The van der Waals surface area contributed by atoms with Crippen molar-refractivity contribution in [3.8, 4) is 0 Å². The highest BCUT2D eigenvalue weighted by atomic mass is 32.2. The largest absolute Gasteiger partial charge is 0.342 e. The lowest BCUT2D eigenvalue weighted by molar-refractivity contribution is -0.135. The SMILES string of the molecule is O=C([C@H]1CCCN(S(=O)(=O)N2CC(F)(C3CC3)C2)C1)N1CCCC1. The maximum atomic E-state index is 14.5. The Labute approximate surface area is 143 Å². The van der Waals surface area contributed by atoms with E-state index >= 15 is 0 Å². The Morgan fingerprint density at radius 1 is 0.958 bits per heavy atom. The summed E-state index contributed by atoms with van der Waals surface area (Å²) in [6.07, 6.45) is 5.26. The molecular weight excluding hydrogens is 333 g/mol. The lowest BCUT2D eigenvalue weighted by Crippen LogP contribution is -2.65. The molecule has 3 heterocycles. The third-order valence-corrected chi connectivity index (χ3v) is 7.89. The molecule has 4 aliphatic rings. The van der Waals surface area contributed by atoms with Gasteiger partial charge in [-0.05, 0) is 44.4 Å². The summed E-state index contributed by atoms with van der Waals surface area (Å²) in [6, 6.07) is 0. The van der Waals surface area contributed by atoms with Gasteiger partial charge in [-0.2, -0.15) is 17.0 Å². The molecule has 1 amide bonds. The summed E-state index contributed by atoms with van der Waals surface area (Å²) in [5, 5.41) is 0. The van der Waals surface area contributed by atoms with E-state index in [1.807, 2.05) is 4.90 Å². The second kappa shape index (κ2) is 5.92. The number of amides is 1. The van der Waals surface area contributed by atoms with Crippen LogP contribution in [-0.2, 0) is 15.0 Å². The Morgan fingerprint density at radius 2 is 1.62 bits per heavy atom. The van der Waals surface area contributed by atoms with E-state index in [9.17, 15) is 17.6 Å². The Bertz CT molecular complexity index is 610. The van der Waals surface area contributed by atoms with Crippen LogP contribution in [0.3, 0.4) is 0 Å². The fraction of sp³-hybridized carbons (Fsp3) is 0.938. The predicted octanol–water partition coefficient (Wildman–Crippen LogP) is 1.000. The Hall–Kier alpha value is -0.730. The van der Waals surface area contributed by atoms with Gasteiger partial charge in [0.05, 0.1) is 19.0 Å². The number of halogens is 1. The van der Waals surface area contributed by atoms with Gasteiger partial charge in [-0.25, -0.2) is 4.39 Å². The predicted molar refractivity (Wildman–Crippen MR) is 87.2 cm³/mol. The van der Waals surface area contributed by atoms with Gasteiger partial charge in [-0.15, -0.1) is 0 Å².